The minimum absolute atomic E-state index is 0.00111. The van der Waals surface area contributed by atoms with Crippen LogP contribution in [0.3, 0.4) is 0 Å². The van der Waals surface area contributed by atoms with Crippen molar-refractivity contribution in [3.05, 3.63) is 28.1 Å². The van der Waals surface area contributed by atoms with E-state index in [2.05, 4.69) is 9.97 Å². The maximum atomic E-state index is 10.9. The summed E-state index contributed by atoms with van der Waals surface area (Å²) in [7, 11) is 0. The van der Waals surface area contributed by atoms with Gasteiger partial charge in [0.25, 0.3) is 0 Å². The molecular formula is C10H9N3O2S. The van der Waals surface area contributed by atoms with Gasteiger partial charge in [-0.25, -0.2) is 14.8 Å². The zero-order chi connectivity index (χ0) is 11.7. The summed E-state index contributed by atoms with van der Waals surface area (Å²) in [6.45, 7) is 1.61. The number of nitrogens with two attached hydrogens (primary N) is 1. The molecule has 0 saturated heterocycles. The highest BCUT2D eigenvalue weighted by atomic mass is 32.1. The van der Waals surface area contributed by atoms with Gasteiger partial charge in [-0.1, -0.05) is 0 Å². The number of thiophene rings is 1. The maximum absolute atomic E-state index is 10.9. The summed E-state index contributed by atoms with van der Waals surface area (Å²) in [6.07, 6.45) is 0. The highest BCUT2D eigenvalue weighted by Gasteiger charge is 2.16. The van der Waals surface area contributed by atoms with E-state index in [-0.39, 0.29) is 11.4 Å². The highest BCUT2D eigenvalue weighted by Crippen LogP contribution is 2.22. The van der Waals surface area contributed by atoms with Crippen LogP contribution in [-0.4, -0.2) is 21.0 Å². The van der Waals surface area contributed by atoms with E-state index in [1.54, 1.807) is 6.92 Å². The molecule has 0 fully saturated rings. The Morgan fingerprint density at radius 2 is 2.25 bits per heavy atom. The molecule has 0 aliphatic carbocycles. The monoisotopic (exact) mass is 235 g/mol. The summed E-state index contributed by atoms with van der Waals surface area (Å²) < 4.78 is 0. The van der Waals surface area contributed by atoms with Gasteiger partial charge in [0.05, 0.1) is 5.69 Å². The Morgan fingerprint density at radius 3 is 2.75 bits per heavy atom. The Morgan fingerprint density at radius 1 is 1.50 bits per heavy atom. The number of rotatable bonds is 2. The number of carbonyl (C=O) groups is 1. The number of carboxylic acids is 1. The van der Waals surface area contributed by atoms with E-state index < -0.39 is 5.97 Å². The molecule has 2 rings (SSSR count). The van der Waals surface area contributed by atoms with Crippen molar-refractivity contribution in [2.24, 2.45) is 0 Å². The Hall–Kier alpha value is -1.95. The normalized spacial score (nSPS) is 10.3. The molecule has 16 heavy (non-hydrogen) atoms. The van der Waals surface area contributed by atoms with Crippen molar-refractivity contribution in [1.82, 2.24) is 9.97 Å². The molecule has 0 unspecified atom stereocenters. The lowest BCUT2D eigenvalue weighted by Crippen LogP contribution is -2.10. The predicted molar refractivity (Wildman–Crippen MR) is 61.5 cm³/mol. The first-order chi connectivity index (χ1) is 7.59. The van der Waals surface area contributed by atoms with Crippen molar-refractivity contribution in [1.29, 1.82) is 0 Å². The fourth-order valence-electron chi connectivity index (χ4n) is 1.38. The summed E-state index contributed by atoms with van der Waals surface area (Å²) in [4.78, 5) is 19.0. The van der Waals surface area contributed by atoms with E-state index >= 15 is 0 Å². The number of nitrogen functional groups attached to an aromatic ring is 1. The highest BCUT2D eigenvalue weighted by molar-refractivity contribution is 7.08. The molecule has 2 heterocycles. The third-order valence-corrected chi connectivity index (χ3v) is 2.79. The van der Waals surface area contributed by atoms with Crippen LogP contribution in [0.5, 0.6) is 0 Å². The number of carboxylic acid groups (broad SMARTS) is 1. The molecular weight excluding hydrogens is 226 g/mol. The molecule has 0 atom stereocenters. The van der Waals surface area contributed by atoms with Gasteiger partial charge in [0.15, 0.2) is 5.82 Å². The van der Waals surface area contributed by atoms with Gasteiger partial charge in [0.1, 0.15) is 11.4 Å². The van der Waals surface area contributed by atoms with E-state index in [0.29, 0.717) is 11.5 Å². The van der Waals surface area contributed by atoms with Crippen LogP contribution in [-0.2, 0) is 0 Å². The summed E-state index contributed by atoms with van der Waals surface area (Å²) in [6, 6.07) is 1.86. The van der Waals surface area contributed by atoms with Crippen molar-refractivity contribution in [2.75, 3.05) is 5.73 Å². The summed E-state index contributed by atoms with van der Waals surface area (Å²) in [5.41, 5.74) is 6.79. The number of anilines is 1. The largest absolute Gasteiger partial charge is 0.477 e. The summed E-state index contributed by atoms with van der Waals surface area (Å²) in [5.74, 6) is -0.644. The fraction of sp³-hybridized carbons (Fsp3) is 0.100. The molecule has 3 N–H and O–H groups in total. The molecule has 0 saturated carbocycles. The first-order valence-electron chi connectivity index (χ1n) is 4.49. The number of hydrogen-bond acceptors (Lipinski definition) is 5. The molecule has 82 valence electrons. The quantitative estimate of drug-likeness (QED) is 0.828. The Kier molecular flexibility index (Phi) is 2.57. The van der Waals surface area contributed by atoms with Crippen LogP contribution < -0.4 is 5.73 Å². The van der Waals surface area contributed by atoms with Gasteiger partial charge in [-0.15, -0.1) is 0 Å². The van der Waals surface area contributed by atoms with E-state index in [0.717, 1.165) is 5.56 Å². The second-order valence-corrected chi connectivity index (χ2v) is 3.99. The van der Waals surface area contributed by atoms with Gasteiger partial charge >= 0.3 is 5.97 Å². The molecule has 0 radical (unpaired) electrons. The van der Waals surface area contributed by atoms with Gasteiger partial charge < -0.3 is 10.8 Å². The van der Waals surface area contributed by atoms with E-state index in [9.17, 15) is 4.79 Å². The Balaban J connectivity index is 2.58. The summed E-state index contributed by atoms with van der Waals surface area (Å²) >= 11 is 1.52. The molecule has 6 heteroatoms. The third kappa shape index (κ3) is 1.74. The Labute approximate surface area is 95.6 Å². The third-order valence-electron chi connectivity index (χ3n) is 2.11. The molecule has 5 nitrogen and oxygen atoms in total. The number of aromatic nitrogens is 2. The first kappa shape index (κ1) is 10.6. The number of aryl methyl sites for hydroxylation is 1. The minimum atomic E-state index is -1.10. The lowest BCUT2D eigenvalue weighted by Gasteiger charge is -2.05. The molecule has 0 amide bonds. The van der Waals surface area contributed by atoms with Crippen LogP contribution >= 0.6 is 11.3 Å². The van der Waals surface area contributed by atoms with Crippen molar-refractivity contribution in [3.63, 3.8) is 0 Å². The summed E-state index contributed by atoms with van der Waals surface area (Å²) in [5, 5.41) is 12.7. The maximum Gasteiger partial charge on any atom is 0.341 e. The standard InChI is InChI=1S/C10H9N3O2S/c1-5-7(10(14)15)8(11)13-9(12-5)6-2-3-16-4-6/h2-4H,1H3,(H,14,15)(H2,11,12,13). The van der Waals surface area contributed by atoms with E-state index in [1.807, 2.05) is 16.8 Å². The van der Waals surface area contributed by atoms with Crippen molar-refractivity contribution in [3.8, 4) is 11.4 Å². The molecule has 0 aliphatic heterocycles. The van der Waals surface area contributed by atoms with E-state index in [1.165, 1.54) is 11.3 Å². The fourth-order valence-corrected chi connectivity index (χ4v) is 2.01. The first-order valence-corrected chi connectivity index (χ1v) is 5.44. The van der Waals surface area contributed by atoms with Crippen LogP contribution in [0.4, 0.5) is 5.82 Å². The SMILES string of the molecule is Cc1nc(-c2ccsc2)nc(N)c1C(=O)O. The van der Waals surface area contributed by atoms with Gasteiger partial charge in [-0.2, -0.15) is 11.3 Å². The second kappa shape index (κ2) is 3.90. The van der Waals surface area contributed by atoms with Gasteiger partial charge in [0.2, 0.25) is 0 Å². The number of nitrogens with zero attached hydrogens (tertiary/aromatic N) is 2. The molecule has 0 bridgehead atoms. The van der Waals surface area contributed by atoms with Crippen molar-refractivity contribution >= 4 is 23.1 Å². The molecule has 2 aromatic heterocycles. The van der Waals surface area contributed by atoms with Gasteiger partial charge in [0, 0.05) is 10.9 Å². The smallest absolute Gasteiger partial charge is 0.341 e. The minimum Gasteiger partial charge on any atom is -0.477 e. The zero-order valence-corrected chi connectivity index (χ0v) is 9.28. The van der Waals surface area contributed by atoms with Crippen LogP contribution in [0.1, 0.15) is 16.1 Å². The van der Waals surface area contributed by atoms with E-state index in [4.69, 9.17) is 10.8 Å². The van der Waals surface area contributed by atoms with Crippen molar-refractivity contribution < 1.29 is 9.90 Å². The van der Waals surface area contributed by atoms with Crippen LogP contribution in [0, 0.1) is 6.92 Å². The second-order valence-electron chi connectivity index (χ2n) is 3.21. The Bertz CT molecular complexity index is 514. The van der Waals surface area contributed by atoms with Gasteiger partial charge in [-0.05, 0) is 18.4 Å². The topological polar surface area (TPSA) is 89.1 Å². The van der Waals surface area contributed by atoms with Crippen LogP contribution in [0.25, 0.3) is 11.4 Å². The molecule has 0 spiro atoms. The average Bonchev–Trinajstić information content (AvgIpc) is 2.67. The van der Waals surface area contributed by atoms with Crippen LogP contribution in [0.15, 0.2) is 16.8 Å². The van der Waals surface area contributed by atoms with Crippen LogP contribution in [0.2, 0.25) is 0 Å². The molecule has 2 aromatic rings. The average molecular weight is 235 g/mol. The lowest BCUT2D eigenvalue weighted by molar-refractivity contribution is 0.0696. The zero-order valence-electron chi connectivity index (χ0n) is 8.47. The number of aromatic carboxylic acids is 1. The number of hydrogen-bond donors (Lipinski definition) is 2. The van der Waals surface area contributed by atoms with Gasteiger partial charge in [-0.3, -0.25) is 0 Å². The molecule has 0 aliphatic rings. The predicted octanol–water partition coefficient (Wildman–Crippen LogP) is 1.79. The van der Waals surface area contributed by atoms with Crippen molar-refractivity contribution in [2.45, 2.75) is 6.92 Å². The molecule has 0 aromatic carbocycles. The lowest BCUT2D eigenvalue weighted by atomic mass is 10.2.